The number of nitrogens with zero attached hydrogens (tertiary/aromatic N) is 1. The van der Waals surface area contributed by atoms with Crippen molar-refractivity contribution < 1.29 is 4.79 Å². The van der Waals surface area contributed by atoms with Gasteiger partial charge in [-0.1, -0.05) is 18.3 Å². The number of hydrogen-bond acceptors (Lipinski definition) is 3. The molecule has 2 nitrogen and oxygen atoms in total. The molecule has 1 fully saturated rings. The highest BCUT2D eigenvalue weighted by molar-refractivity contribution is 7.99. The van der Waals surface area contributed by atoms with Crippen molar-refractivity contribution in [2.75, 3.05) is 17.7 Å². The van der Waals surface area contributed by atoms with E-state index in [1.165, 1.54) is 29.7 Å². The summed E-state index contributed by atoms with van der Waals surface area (Å²) < 4.78 is 0. The summed E-state index contributed by atoms with van der Waals surface area (Å²) in [6.07, 6.45) is 4.46. The first-order chi connectivity index (χ1) is 9.16. The maximum Gasteiger partial charge on any atom is 0.228 e. The summed E-state index contributed by atoms with van der Waals surface area (Å²) in [4.78, 5) is 16.1. The third-order valence-corrected chi connectivity index (χ3v) is 6.42. The van der Waals surface area contributed by atoms with Gasteiger partial charge in [0.15, 0.2) is 0 Å². The van der Waals surface area contributed by atoms with E-state index < -0.39 is 0 Å². The molecule has 0 spiro atoms. The highest BCUT2D eigenvalue weighted by Crippen LogP contribution is 2.43. The van der Waals surface area contributed by atoms with Crippen LogP contribution < -0.4 is 4.90 Å². The number of carbonyl (C=O) groups excluding carboxylic acids is 1. The van der Waals surface area contributed by atoms with Crippen LogP contribution in [0.3, 0.4) is 0 Å². The molecule has 2 aliphatic rings. The normalized spacial score (nSPS) is 19.3. The lowest BCUT2D eigenvalue weighted by molar-refractivity contribution is -0.117. The van der Waals surface area contributed by atoms with Gasteiger partial charge >= 0.3 is 0 Å². The van der Waals surface area contributed by atoms with Gasteiger partial charge in [0.1, 0.15) is 5.00 Å². The minimum atomic E-state index is 0.214. The number of carbonyl (C=O) groups is 1. The van der Waals surface area contributed by atoms with E-state index in [9.17, 15) is 4.79 Å². The van der Waals surface area contributed by atoms with Crippen LogP contribution in [0.25, 0.3) is 0 Å². The Hall–Kier alpha value is -0.920. The molecule has 0 aromatic carbocycles. The SMILES string of the molecule is Cc1c(C#CC2CCC2)sc2c1SCCC(=O)N2C. The van der Waals surface area contributed by atoms with Crippen LogP contribution in [0.5, 0.6) is 0 Å². The van der Waals surface area contributed by atoms with E-state index in [1.807, 2.05) is 11.9 Å². The molecule has 4 heteroatoms. The van der Waals surface area contributed by atoms with Crippen LogP contribution in [-0.4, -0.2) is 18.7 Å². The van der Waals surface area contributed by atoms with Crippen molar-refractivity contribution in [1.29, 1.82) is 0 Å². The van der Waals surface area contributed by atoms with Gasteiger partial charge in [0.05, 0.1) is 4.88 Å². The molecule has 1 saturated carbocycles. The zero-order valence-electron chi connectivity index (χ0n) is 11.3. The Kier molecular flexibility index (Phi) is 3.60. The summed E-state index contributed by atoms with van der Waals surface area (Å²) in [6.45, 7) is 2.14. The van der Waals surface area contributed by atoms with Gasteiger partial charge < -0.3 is 4.90 Å². The van der Waals surface area contributed by atoms with E-state index in [0.29, 0.717) is 12.3 Å². The zero-order chi connectivity index (χ0) is 13.4. The highest BCUT2D eigenvalue weighted by Gasteiger charge is 2.24. The Bertz CT molecular complexity index is 575. The number of rotatable bonds is 0. The molecule has 1 aliphatic carbocycles. The van der Waals surface area contributed by atoms with E-state index in [2.05, 4.69) is 18.8 Å². The zero-order valence-corrected chi connectivity index (χ0v) is 12.9. The summed E-state index contributed by atoms with van der Waals surface area (Å²) in [5.74, 6) is 8.42. The van der Waals surface area contributed by atoms with Crippen molar-refractivity contribution in [3.63, 3.8) is 0 Å². The number of fused-ring (bicyclic) bond motifs is 1. The number of hydrogen-bond donors (Lipinski definition) is 0. The standard InChI is InChI=1S/C15H17NOS2/c1-10-12(7-6-11-4-3-5-11)19-15-14(10)18-9-8-13(17)16(15)2/h11H,3-5,8-9H2,1-2H3. The van der Waals surface area contributed by atoms with Crippen LogP contribution in [0, 0.1) is 24.7 Å². The number of amides is 1. The predicted molar refractivity (Wildman–Crippen MR) is 82.0 cm³/mol. The van der Waals surface area contributed by atoms with E-state index in [4.69, 9.17) is 0 Å². The molecule has 19 heavy (non-hydrogen) atoms. The maximum absolute atomic E-state index is 11.9. The van der Waals surface area contributed by atoms with Gasteiger partial charge in [-0.2, -0.15) is 0 Å². The molecule has 1 aromatic rings. The molecule has 1 amide bonds. The molecule has 3 rings (SSSR count). The Labute approximate surface area is 122 Å². The lowest BCUT2D eigenvalue weighted by Gasteiger charge is -2.18. The summed E-state index contributed by atoms with van der Waals surface area (Å²) in [5, 5.41) is 1.09. The fourth-order valence-corrected chi connectivity index (χ4v) is 4.70. The molecule has 0 bridgehead atoms. The Balaban J connectivity index is 1.94. The topological polar surface area (TPSA) is 20.3 Å². The summed E-state index contributed by atoms with van der Waals surface area (Å²) in [5.41, 5.74) is 1.26. The summed E-state index contributed by atoms with van der Waals surface area (Å²) in [6, 6.07) is 0. The van der Waals surface area contributed by atoms with Crippen LogP contribution in [-0.2, 0) is 4.79 Å². The monoisotopic (exact) mass is 291 g/mol. The smallest absolute Gasteiger partial charge is 0.228 e. The van der Waals surface area contributed by atoms with Gasteiger partial charge in [0.2, 0.25) is 5.91 Å². The van der Waals surface area contributed by atoms with E-state index >= 15 is 0 Å². The van der Waals surface area contributed by atoms with Gasteiger partial charge in [-0.05, 0) is 25.3 Å². The van der Waals surface area contributed by atoms with Gasteiger partial charge in [0.25, 0.3) is 0 Å². The Morgan fingerprint density at radius 1 is 1.37 bits per heavy atom. The van der Waals surface area contributed by atoms with Crippen LogP contribution in [0.4, 0.5) is 5.00 Å². The van der Waals surface area contributed by atoms with Crippen molar-refractivity contribution in [2.45, 2.75) is 37.5 Å². The molecule has 0 radical (unpaired) electrons. The maximum atomic E-state index is 11.9. The average molecular weight is 291 g/mol. The highest BCUT2D eigenvalue weighted by atomic mass is 32.2. The third kappa shape index (κ3) is 2.42. The van der Waals surface area contributed by atoms with E-state index in [1.54, 1.807) is 23.1 Å². The lowest BCUT2D eigenvalue weighted by Crippen LogP contribution is -2.24. The van der Waals surface area contributed by atoms with Gasteiger partial charge in [-0.25, -0.2) is 0 Å². The van der Waals surface area contributed by atoms with E-state index in [0.717, 1.165) is 15.6 Å². The van der Waals surface area contributed by atoms with Crippen molar-refractivity contribution in [2.24, 2.45) is 5.92 Å². The largest absolute Gasteiger partial charge is 0.306 e. The van der Waals surface area contributed by atoms with Gasteiger partial charge in [-0.15, -0.1) is 23.1 Å². The van der Waals surface area contributed by atoms with Crippen LogP contribution in [0.15, 0.2) is 4.90 Å². The number of thiophene rings is 1. The van der Waals surface area contributed by atoms with Crippen LogP contribution in [0.1, 0.15) is 36.1 Å². The van der Waals surface area contributed by atoms with Crippen LogP contribution in [0.2, 0.25) is 0 Å². The van der Waals surface area contributed by atoms with Crippen molar-refractivity contribution in [3.05, 3.63) is 10.4 Å². The minimum Gasteiger partial charge on any atom is -0.306 e. The molecular weight excluding hydrogens is 274 g/mol. The molecule has 0 N–H and O–H groups in total. The molecular formula is C15H17NOS2. The fraction of sp³-hybridized carbons (Fsp3) is 0.533. The quantitative estimate of drug-likeness (QED) is 0.680. The first kappa shape index (κ1) is 13.1. The van der Waals surface area contributed by atoms with E-state index in [-0.39, 0.29) is 5.91 Å². The molecule has 0 unspecified atom stereocenters. The first-order valence-electron chi connectivity index (χ1n) is 6.71. The van der Waals surface area contributed by atoms with Crippen molar-refractivity contribution >= 4 is 34.0 Å². The second-order valence-corrected chi connectivity index (χ2v) is 7.24. The van der Waals surface area contributed by atoms with Gasteiger partial charge in [0, 0.05) is 30.0 Å². The molecule has 1 aromatic heterocycles. The lowest BCUT2D eigenvalue weighted by atomic mass is 9.86. The average Bonchev–Trinajstić information content (AvgIpc) is 2.57. The molecule has 2 heterocycles. The minimum absolute atomic E-state index is 0.214. The number of thioether (sulfide) groups is 1. The van der Waals surface area contributed by atoms with Crippen molar-refractivity contribution in [3.8, 4) is 11.8 Å². The summed E-state index contributed by atoms with van der Waals surface area (Å²) in [7, 11) is 1.88. The van der Waals surface area contributed by atoms with Gasteiger partial charge in [-0.3, -0.25) is 4.79 Å². The first-order valence-corrected chi connectivity index (χ1v) is 8.51. The van der Waals surface area contributed by atoms with Crippen LogP contribution >= 0.6 is 23.1 Å². The Morgan fingerprint density at radius 2 is 2.16 bits per heavy atom. The predicted octanol–water partition coefficient (Wildman–Crippen LogP) is 3.67. The summed E-state index contributed by atoms with van der Waals surface area (Å²) >= 11 is 3.47. The third-order valence-electron chi connectivity index (χ3n) is 3.81. The fourth-order valence-electron chi connectivity index (χ4n) is 2.23. The Morgan fingerprint density at radius 3 is 2.84 bits per heavy atom. The molecule has 100 valence electrons. The van der Waals surface area contributed by atoms with Crippen molar-refractivity contribution in [1.82, 2.24) is 0 Å². The molecule has 0 atom stereocenters. The second kappa shape index (κ2) is 5.22. The molecule has 0 saturated heterocycles. The molecule has 1 aliphatic heterocycles. The second-order valence-electron chi connectivity index (χ2n) is 5.14. The number of anilines is 1.